The van der Waals surface area contributed by atoms with Gasteiger partial charge < -0.3 is 14.9 Å². The highest BCUT2D eigenvalue weighted by Gasteiger charge is 2.31. The van der Waals surface area contributed by atoms with Crippen LogP contribution < -0.4 is 9.75 Å². The zero-order valence-electron chi connectivity index (χ0n) is 22.4. The number of ether oxygens (including phenoxy) is 1. The summed E-state index contributed by atoms with van der Waals surface area (Å²) in [4.78, 5) is 36.4. The Labute approximate surface area is 234 Å². The largest absolute Gasteiger partial charge is 0.491 e. The summed E-state index contributed by atoms with van der Waals surface area (Å²) in [6.45, 7) is 5.03. The maximum Gasteiger partial charge on any atom is 0.306 e. The summed E-state index contributed by atoms with van der Waals surface area (Å²) in [6, 6.07) is 12.3. The quantitative estimate of drug-likeness (QED) is 0.421. The molecule has 5 rings (SSSR count). The number of fused-ring (bicyclic) bond motifs is 1. The molecule has 2 aliphatic heterocycles. The first-order valence-electron chi connectivity index (χ1n) is 13.9. The molecule has 208 valence electrons. The fourth-order valence-electron chi connectivity index (χ4n) is 6.09. The number of hydrogen-bond acceptors (Lipinski definition) is 6. The molecule has 3 aliphatic rings. The normalized spacial score (nSPS) is 21.1. The van der Waals surface area contributed by atoms with E-state index >= 15 is 0 Å². The third kappa shape index (κ3) is 6.39. The van der Waals surface area contributed by atoms with Gasteiger partial charge in [0, 0.05) is 37.5 Å². The van der Waals surface area contributed by atoms with Gasteiger partial charge in [-0.2, -0.15) is 0 Å². The van der Waals surface area contributed by atoms with Gasteiger partial charge >= 0.3 is 5.97 Å². The Morgan fingerprint density at radius 3 is 2.49 bits per heavy atom. The third-order valence-electron chi connectivity index (χ3n) is 8.25. The van der Waals surface area contributed by atoms with Crippen molar-refractivity contribution in [3.05, 3.63) is 58.1 Å². The summed E-state index contributed by atoms with van der Waals surface area (Å²) in [6.07, 6.45) is 4.83. The van der Waals surface area contributed by atoms with Crippen molar-refractivity contribution in [2.75, 3.05) is 31.3 Å². The molecule has 39 heavy (non-hydrogen) atoms. The molecule has 0 aromatic heterocycles. The maximum absolute atomic E-state index is 11.8. The van der Waals surface area contributed by atoms with Gasteiger partial charge in [0.25, 0.3) is 0 Å². The Morgan fingerprint density at radius 1 is 1.05 bits per heavy atom. The van der Waals surface area contributed by atoms with Crippen LogP contribution in [0.1, 0.15) is 55.2 Å². The Hall–Kier alpha value is -3.10. The van der Waals surface area contributed by atoms with E-state index in [2.05, 4.69) is 28.2 Å². The number of hydrazine groups is 1. The number of carboxylic acids is 1. The predicted octanol–water partition coefficient (Wildman–Crippen LogP) is 4.85. The molecular weight excluding hydrogens is 518 g/mol. The lowest BCUT2D eigenvalue weighted by Crippen LogP contribution is -2.44. The van der Waals surface area contributed by atoms with Crippen LogP contribution in [0.3, 0.4) is 0 Å². The van der Waals surface area contributed by atoms with E-state index in [1.165, 1.54) is 16.2 Å². The summed E-state index contributed by atoms with van der Waals surface area (Å²) < 4.78 is 5.93. The van der Waals surface area contributed by atoms with Gasteiger partial charge in [-0.15, -0.1) is 0 Å². The molecule has 1 N–H and O–H groups in total. The Bertz CT molecular complexity index is 1230. The van der Waals surface area contributed by atoms with Gasteiger partial charge in [0.15, 0.2) is 0 Å². The van der Waals surface area contributed by atoms with Crippen molar-refractivity contribution in [2.24, 2.45) is 11.8 Å². The lowest BCUT2D eigenvalue weighted by molar-refractivity contribution is -0.143. The van der Waals surface area contributed by atoms with Crippen molar-refractivity contribution in [1.29, 1.82) is 0 Å². The minimum atomic E-state index is -0.674. The van der Waals surface area contributed by atoms with Crippen LogP contribution in [0.4, 0.5) is 5.69 Å². The Balaban J connectivity index is 1.27. The molecule has 2 heterocycles. The Morgan fingerprint density at radius 2 is 1.79 bits per heavy atom. The topological polar surface area (TPSA) is 90.4 Å². The number of anilines is 1. The van der Waals surface area contributed by atoms with E-state index in [1.807, 2.05) is 25.1 Å². The van der Waals surface area contributed by atoms with Crippen LogP contribution in [-0.4, -0.2) is 59.0 Å². The molecule has 0 atom stereocenters. The van der Waals surface area contributed by atoms with E-state index in [4.69, 9.17) is 16.3 Å². The number of amides is 2. The second kappa shape index (κ2) is 12.0. The summed E-state index contributed by atoms with van der Waals surface area (Å²) in [5.74, 6) is 0.0402. The smallest absolute Gasteiger partial charge is 0.306 e. The van der Waals surface area contributed by atoms with Gasteiger partial charge in [-0.25, -0.2) is 5.01 Å². The number of carbonyl (C=O) groups is 3. The van der Waals surface area contributed by atoms with Crippen molar-refractivity contribution >= 4 is 35.1 Å². The van der Waals surface area contributed by atoms with Crippen molar-refractivity contribution in [3.63, 3.8) is 0 Å². The molecule has 0 radical (unpaired) electrons. The van der Waals surface area contributed by atoms with Crippen LogP contribution in [0.25, 0.3) is 0 Å². The maximum atomic E-state index is 11.8. The van der Waals surface area contributed by atoms with E-state index in [9.17, 15) is 19.5 Å². The molecule has 2 aromatic carbocycles. The van der Waals surface area contributed by atoms with Crippen molar-refractivity contribution in [2.45, 2.75) is 58.4 Å². The van der Waals surface area contributed by atoms with E-state index in [0.29, 0.717) is 18.8 Å². The summed E-state index contributed by atoms with van der Waals surface area (Å²) in [7, 11) is 0. The van der Waals surface area contributed by atoms with E-state index in [0.717, 1.165) is 73.6 Å². The first kappa shape index (κ1) is 27.5. The lowest BCUT2D eigenvalue weighted by Gasteiger charge is -2.38. The first-order chi connectivity index (χ1) is 18.8. The van der Waals surface area contributed by atoms with Gasteiger partial charge in [-0.3, -0.25) is 19.3 Å². The van der Waals surface area contributed by atoms with E-state index in [1.54, 1.807) is 0 Å². The SMILES string of the molecule is Cc1cc(CN(CC2CCC(C(=O)O)CC2)N2CCc3cc(Cl)ccc32)ccc1OCCN1C(=O)CCC1=O. The summed E-state index contributed by atoms with van der Waals surface area (Å²) in [5, 5.41) is 14.9. The van der Waals surface area contributed by atoms with Crippen LogP contribution in [0.2, 0.25) is 5.02 Å². The van der Waals surface area contributed by atoms with Crippen molar-refractivity contribution in [1.82, 2.24) is 9.91 Å². The zero-order valence-corrected chi connectivity index (χ0v) is 23.2. The Kier molecular flexibility index (Phi) is 8.43. The molecular formula is C30H36ClN3O5. The van der Waals surface area contributed by atoms with Crippen LogP contribution in [0.5, 0.6) is 5.75 Å². The number of hydrogen-bond donors (Lipinski definition) is 1. The van der Waals surface area contributed by atoms with Gasteiger partial charge in [0.1, 0.15) is 12.4 Å². The van der Waals surface area contributed by atoms with Gasteiger partial charge in [-0.1, -0.05) is 23.7 Å². The number of rotatable bonds is 10. The standard InChI is InChI=1S/C30H36ClN3O5/c1-20-16-22(4-9-27(20)39-15-14-33-28(35)10-11-29(33)36)19-32(18-21-2-5-23(6-3-21)30(37)38)34-13-12-24-17-25(31)7-8-26(24)34/h4,7-9,16-17,21,23H,2-3,5-6,10-15,18-19H2,1H3,(H,37,38). The summed E-state index contributed by atoms with van der Waals surface area (Å²) in [5.41, 5.74) is 4.59. The number of aliphatic carboxylic acids is 1. The molecule has 1 saturated carbocycles. The average molecular weight is 554 g/mol. The third-order valence-corrected chi connectivity index (χ3v) is 8.49. The molecule has 8 nitrogen and oxygen atoms in total. The molecule has 0 unspecified atom stereocenters. The predicted molar refractivity (Wildman–Crippen MR) is 149 cm³/mol. The number of likely N-dealkylation sites (tertiary alicyclic amines) is 1. The van der Waals surface area contributed by atoms with Crippen molar-refractivity contribution < 1.29 is 24.2 Å². The number of imide groups is 1. The number of benzene rings is 2. The highest BCUT2D eigenvalue weighted by molar-refractivity contribution is 6.30. The minimum absolute atomic E-state index is 0.127. The highest BCUT2D eigenvalue weighted by atomic mass is 35.5. The molecule has 0 bridgehead atoms. The second-order valence-corrected chi connectivity index (χ2v) is 11.4. The molecule has 1 saturated heterocycles. The first-order valence-corrected chi connectivity index (χ1v) is 14.3. The van der Waals surface area contributed by atoms with Crippen LogP contribution in [0, 0.1) is 18.8 Å². The number of aryl methyl sites for hydroxylation is 1. The summed E-state index contributed by atoms with van der Waals surface area (Å²) >= 11 is 6.27. The molecule has 1 aliphatic carbocycles. The molecule has 2 amide bonds. The fraction of sp³-hybridized carbons (Fsp3) is 0.500. The van der Waals surface area contributed by atoms with Gasteiger partial charge in [0.05, 0.1) is 18.2 Å². The number of nitrogens with zero attached hydrogens (tertiary/aromatic N) is 3. The van der Waals surface area contributed by atoms with Crippen molar-refractivity contribution in [3.8, 4) is 5.75 Å². The fourth-order valence-corrected chi connectivity index (χ4v) is 6.28. The van der Waals surface area contributed by atoms with Crippen LogP contribution in [-0.2, 0) is 27.3 Å². The number of carboxylic acid groups (broad SMARTS) is 1. The molecule has 9 heteroatoms. The lowest BCUT2D eigenvalue weighted by atomic mass is 9.82. The van der Waals surface area contributed by atoms with E-state index in [-0.39, 0.29) is 30.9 Å². The highest BCUT2D eigenvalue weighted by Crippen LogP contribution is 2.35. The van der Waals surface area contributed by atoms with Gasteiger partial charge in [-0.05, 0) is 85.9 Å². The second-order valence-electron chi connectivity index (χ2n) is 10.9. The monoisotopic (exact) mass is 553 g/mol. The van der Waals surface area contributed by atoms with Gasteiger partial charge in [0.2, 0.25) is 11.8 Å². The van der Waals surface area contributed by atoms with Crippen LogP contribution in [0.15, 0.2) is 36.4 Å². The molecule has 0 spiro atoms. The molecule has 2 aromatic rings. The number of halogens is 1. The zero-order chi connectivity index (χ0) is 27.5. The number of carbonyl (C=O) groups excluding carboxylic acids is 2. The van der Waals surface area contributed by atoms with E-state index < -0.39 is 5.97 Å². The average Bonchev–Trinajstić information content (AvgIpc) is 3.47. The molecule has 2 fully saturated rings. The minimum Gasteiger partial charge on any atom is -0.491 e. The van der Waals surface area contributed by atoms with Crippen LogP contribution >= 0.6 is 11.6 Å².